The monoisotopic (exact) mass is 308 g/mol. The van der Waals surface area contributed by atoms with E-state index in [2.05, 4.69) is 20.7 Å². The molecule has 0 heterocycles. The van der Waals surface area contributed by atoms with Gasteiger partial charge in [-0.3, -0.25) is 4.79 Å². The number of alkyl halides is 3. The van der Waals surface area contributed by atoms with Crippen molar-refractivity contribution in [1.29, 1.82) is 0 Å². The first kappa shape index (κ1) is 13.9. The molecule has 17 heavy (non-hydrogen) atoms. The molecule has 1 rings (SSSR count). The first-order valence-corrected chi connectivity index (χ1v) is 5.69. The highest BCUT2D eigenvalue weighted by Crippen LogP contribution is 2.33. The third-order valence-corrected chi connectivity index (χ3v) is 2.44. The lowest BCUT2D eigenvalue weighted by molar-refractivity contribution is -0.0512. The van der Waals surface area contributed by atoms with E-state index >= 15 is 0 Å². The average Bonchev–Trinajstić information content (AvgIpc) is 2.26. The quantitative estimate of drug-likeness (QED) is 0.618. The molecule has 0 aliphatic carbocycles. The standard InChI is InChI=1S/C11H11BrF2O3/c1-6(12)9(15)7-4-3-5-8(10(7)16-2)17-11(13)14/h3-6,11H,1-2H3. The largest absolute Gasteiger partial charge is 0.492 e. The van der Waals surface area contributed by atoms with Gasteiger partial charge in [-0.2, -0.15) is 8.78 Å². The van der Waals surface area contributed by atoms with Gasteiger partial charge in [-0.15, -0.1) is 0 Å². The Morgan fingerprint density at radius 3 is 2.53 bits per heavy atom. The normalized spacial score (nSPS) is 12.4. The second kappa shape index (κ2) is 5.95. The smallest absolute Gasteiger partial charge is 0.387 e. The fourth-order valence-electron chi connectivity index (χ4n) is 1.32. The first-order chi connectivity index (χ1) is 7.97. The van der Waals surface area contributed by atoms with E-state index in [1.165, 1.54) is 25.3 Å². The summed E-state index contributed by atoms with van der Waals surface area (Å²) in [6, 6.07) is 4.28. The van der Waals surface area contributed by atoms with Crippen molar-refractivity contribution in [2.45, 2.75) is 18.4 Å². The molecule has 3 nitrogen and oxygen atoms in total. The van der Waals surface area contributed by atoms with Gasteiger partial charge in [-0.25, -0.2) is 0 Å². The molecule has 1 aromatic rings. The highest BCUT2D eigenvalue weighted by molar-refractivity contribution is 9.10. The van der Waals surface area contributed by atoms with Crippen molar-refractivity contribution in [1.82, 2.24) is 0 Å². The van der Waals surface area contributed by atoms with Crippen LogP contribution in [0.15, 0.2) is 18.2 Å². The summed E-state index contributed by atoms with van der Waals surface area (Å²) >= 11 is 3.12. The molecule has 6 heteroatoms. The summed E-state index contributed by atoms with van der Waals surface area (Å²) in [6.45, 7) is -1.32. The molecule has 0 saturated heterocycles. The van der Waals surface area contributed by atoms with Crippen LogP contribution in [0.1, 0.15) is 17.3 Å². The molecule has 0 spiro atoms. The number of halogens is 3. The van der Waals surface area contributed by atoms with Crippen molar-refractivity contribution in [2.75, 3.05) is 7.11 Å². The summed E-state index contributed by atoms with van der Waals surface area (Å²) < 4.78 is 33.5. The van der Waals surface area contributed by atoms with Crippen LogP contribution in [0.3, 0.4) is 0 Å². The van der Waals surface area contributed by atoms with Crippen molar-refractivity contribution in [3.05, 3.63) is 23.8 Å². The number of carbonyl (C=O) groups is 1. The number of ketones is 1. The lowest BCUT2D eigenvalue weighted by Crippen LogP contribution is -2.13. The van der Waals surface area contributed by atoms with Crippen LogP contribution in [0.25, 0.3) is 0 Å². The number of Topliss-reactive ketones (excluding diaryl/α,β-unsaturated/α-hetero) is 1. The van der Waals surface area contributed by atoms with Crippen LogP contribution in [0.4, 0.5) is 8.78 Å². The van der Waals surface area contributed by atoms with Gasteiger partial charge < -0.3 is 9.47 Å². The van der Waals surface area contributed by atoms with Crippen LogP contribution in [-0.2, 0) is 0 Å². The van der Waals surface area contributed by atoms with Gasteiger partial charge in [0, 0.05) is 0 Å². The third-order valence-electron chi connectivity index (χ3n) is 2.03. The van der Waals surface area contributed by atoms with Crippen molar-refractivity contribution >= 4 is 21.7 Å². The third kappa shape index (κ3) is 3.39. The van der Waals surface area contributed by atoms with Crippen molar-refractivity contribution in [3.63, 3.8) is 0 Å². The second-order valence-corrected chi connectivity index (χ2v) is 4.57. The number of para-hydroxylation sites is 1. The Labute approximate surface area is 106 Å². The summed E-state index contributed by atoms with van der Waals surface area (Å²) in [6.07, 6.45) is 0. The SMILES string of the molecule is COc1c(OC(F)F)cccc1C(=O)C(C)Br. The second-order valence-electron chi connectivity index (χ2n) is 3.20. The van der Waals surface area contributed by atoms with E-state index in [0.717, 1.165) is 0 Å². The van der Waals surface area contributed by atoms with E-state index < -0.39 is 11.4 Å². The van der Waals surface area contributed by atoms with E-state index in [0.29, 0.717) is 0 Å². The van der Waals surface area contributed by atoms with Crippen LogP contribution in [0.5, 0.6) is 11.5 Å². The van der Waals surface area contributed by atoms with Gasteiger partial charge >= 0.3 is 6.61 Å². The molecule has 0 bridgehead atoms. The molecule has 0 aliphatic heterocycles. The summed E-state index contributed by atoms with van der Waals surface area (Å²) in [4.78, 5) is 11.4. The molecule has 94 valence electrons. The van der Waals surface area contributed by atoms with E-state index in [1.807, 2.05) is 0 Å². The molecule has 0 aromatic heterocycles. The maximum Gasteiger partial charge on any atom is 0.387 e. The predicted octanol–water partition coefficient (Wildman–Crippen LogP) is 3.26. The lowest BCUT2D eigenvalue weighted by Gasteiger charge is -2.13. The van der Waals surface area contributed by atoms with Crippen LogP contribution < -0.4 is 9.47 Å². The van der Waals surface area contributed by atoms with Crippen molar-refractivity contribution < 1.29 is 23.0 Å². The summed E-state index contributed by atoms with van der Waals surface area (Å²) in [5.41, 5.74) is 0.204. The van der Waals surface area contributed by atoms with Crippen LogP contribution in [0, 0.1) is 0 Å². The Hall–Kier alpha value is -1.17. The molecule has 1 unspecified atom stereocenters. The van der Waals surface area contributed by atoms with E-state index in [-0.39, 0.29) is 22.8 Å². The molecule has 1 atom stereocenters. The molecule has 1 aromatic carbocycles. The Bertz CT molecular complexity index is 408. The maximum atomic E-state index is 12.2. The van der Waals surface area contributed by atoms with Gasteiger partial charge in [0.05, 0.1) is 17.5 Å². The minimum atomic E-state index is -2.96. The van der Waals surface area contributed by atoms with Gasteiger partial charge in [0.15, 0.2) is 17.3 Å². The predicted molar refractivity (Wildman–Crippen MR) is 62.3 cm³/mol. The number of hydrogen-bond acceptors (Lipinski definition) is 3. The van der Waals surface area contributed by atoms with Gasteiger partial charge in [0.25, 0.3) is 0 Å². The number of hydrogen-bond donors (Lipinski definition) is 0. The molecule has 0 amide bonds. The minimum Gasteiger partial charge on any atom is -0.492 e. The molecule has 0 radical (unpaired) electrons. The summed E-state index contributed by atoms with van der Waals surface area (Å²) in [5, 5.41) is 0. The minimum absolute atomic E-state index is 0.0177. The highest BCUT2D eigenvalue weighted by atomic mass is 79.9. The Morgan fingerprint density at radius 1 is 1.41 bits per heavy atom. The lowest BCUT2D eigenvalue weighted by atomic mass is 10.1. The number of benzene rings is 1. The van der Waals surface area contributed by atoms with Gasteiger partial charge in [0.2, 0.25) is 0 Å². The number of ether oxygens (including phenoxy) is 2. The van der Waals surface area contributed by atoms with E-state index in [4.69, 9.17) is 4.74 Å². The summed E-state index contributed by atoms with van der Waals surface area (Å²) in [5.74, 6) is -0.396. The van der Waals surface area contributed by atoms with E-state index in [1.54, 1.807) is 6.92 Å². The topological polar surface area (TPSA) is 35.5 Å². The first-order valence-electron chi connectivity index (χ1n) is 4.77. The Kier molecular flexibility index (Phi) is 4.86. The fraction of sp³-hybridized carbons (Fsp3) is 0.364. The van der Waals surface area contributed by atoms with Crippen LogP contribution in [-0.4, -0.2) is 24.3 Å². The molecular formula is C11H11BrF2O3. The molecule has 0 N–H and O–H groups in total. The van der Waals surface area contributed by atoms with Crippen LogP contribution >= 0.6 is 15.9 Å². The van der Waals surface area contributed by atoms with Gasteiger partial charge in [-0.1, -0.05) is 22.0 Å². The molecule has 0 fully saturated rings. The number of rotatable bonds is 5. The number of methoxy groups -OCH3 is 1. The molecular weight excluding hydrogens is 298 g/mol. The highest BCUT2D eigenvalue weighted by Gasteiger charge is 2.21. The fourth-order valence-corrected chi connectivity index (χ4v) is 1.57. The van der Waals surface area contributed by atoms with Gasteiger partial charge in [0.1, 0.15) is 0 Å². The van der Waals surface area contributed by atoms with Crippen molar-refractivity contribution in [3.8, 4) is 11.5 Å². The Morgan fingerprint density at radius 2 is 2.06 bits per heavy atom. The van der Waals surface area contributed by atoms with E-state index in [9.17, 15) is 13.6 Å². The zero-order valence-corrected chi connectivity index (χ0v) is 10.8. The zero-order chi connectivity index (χ0) is 13.0. The van der Waals surface area contributed by atoms with Crippen molar-refractivity contribution in [2.24, 2.45) is 0 Å². The Balaban J connectivity index is 3.18. The average molecular weight is 309 g/mol. The molecule has 0 aliphatic rings. The zero-order valence-electron chi connectivity index (χ0n) is 9.25. The van der Waals surface area contributed by atoms with Crippen LogP contribution in [0.2, 0.25) is 0 Å². The van der Waals surface area contributed by atoms with Gasteiger partial charge in [-0.05, 0) is 19.1 Å². The summed E-state index contributed by atoms with van der Waals surface area (Å²) in [7, 11) is 1.29. The maximum absolute atomic E-state index is 12.2. The number of carbonyl (C=O) groups excluding carboxylic acids is 1. The molecule has 0 saturated carbocycles.